The van der Waals surface area contributed by atoms with Crippen LogP contribution >= 0.6 is 0 Å². The van der Waals surface area contributed by atoms with E-state index in [9.17, 15) is 9.59 Å². The summed E-state index contributed by atoms with van der Waals surface area (Å²) in [5.74, 6) is -2.01. The van der Waals surface area contributed by atoms with Gasteiger partial charge in [-0.05, 0) is 54.6 Å². The van der Waals surface area contributed by atoms with Gasteiger partial charge in [0.05, 0.1) is 0 Å². The van der Waals surface area contributed by atoms with Gasteiger partial charge in [-0.15, -0.1) is 0 Å². The Labute approximate surface area is 184 Å². The van der Waals surface area contributed by atoms with Crippen LogP contribution < -0.4 is 5.32 Å². The van der Waals surface area contributed by atoms with Crippen molar-refractivity contribution in [3.8, 4) is 0 Å². The zero-order chi connectivity index (χ0) is 22.5. The number of nitrogens with one attached hydrogen (secondary N) is 1. The van der Waals surface area contributed by atoms with Gasteiger partial charge in [-0.2, -0.15) is 0 Å². The van der Waals surface area contributed by atoms with Gasteiger partial charge in [0.25, 0.3) is 0 Å². The molecule has 0 radical (unpaired) electrons. The summed E-state index contributed by atoms with van der Waals surface area (Å²) < 4.78 is 0. The maximum atomic E-state index is 9.55. The summed E-state index contributed by atoms with van der Waals surface area (Å²) in [6.45, 7) is 4.51. The molecule has 3 rings (SSSR count). The quantitative estimate of drug-likeness (QED) is 0.383. The zero-order valence-electron chi connectivity index (χ0n) is 18.0. The van der Waals surface area contributed by atoms with E-state index in [1.807, 2.05) is 0 Å². The van der Waals surface area contributed by atoms with E-state index in [-0.39, 0.29) is 0 Å². The molecule has 164 valence electrons. The first-order chi connectivity index (χ1) is 15.0. The van der Waals surface area contributed by atoms with Crippen molar-refractivity contribution in [2.45, 2.75) is 38.5 Å². The zero-order valence-corrected chi connectivity index (χ0v) is 18.0. The van der Waals surface area contributed by atoms with Crippen LogP contribution in [0, 0.1) is 0 Å². The van der Waals surface area contributed by atoms with Gasteiger partial charge in [0, 0.05) is 18.1 Å². The summed E-state index contributed by atoms with van der Waals surface area (Å²) in [7, 11) is 0. The SMILES string of the molecule is CCCCNCCCC1c2ccccc2C=Cc2ccccc21.O=C(O)C=CC(=O)O. The van der Waals surface area contributed by atoms with Gasteiger partial charge < -0.3 is 15.5 Å². The van der Waals surface area contributed by atoms with Crippen molar-refractivity contribution >= 4 is 24.1 Å². The number of unbranched alkanes of at least 4 members (excludes halogenated alkanes) is 1. The number of carboxylic acids is 2. The van der Waals surface area contributed by atoms with Crippen molar-refractivity contribution in [1.29, 1.82) is 0 Å². The van der Waals surface area contributed by atoms with Crippen LogP contribution in [0.1, 0.15) is 60.8 Å². The number of benzene rings is 2. The van der Waals surface area contributed by atoms with Gasteiger partial charge in [-0.3, -0.25) is 0 Å². The van der Waals surface area contributed by atoms with Crippen LogP contribution in [0.3, 0.4) is 0 Å². The molecular weight excluding hydrogens is 390 g/mol. The van der Waals surface area contributed by atoms with Crippen molar-refractivity contribution in [2.75, 3.05) is 13.1 Å². The second-order valence-corrected chi connectivity index (χ2v) is 7.40. The Bertz CT molecular complexity index is 852. The van der Waals surface area contributed by atoms with E-state index < -0.39 is 11.9 Å². The van der Waals surface area contributed by atoms with Crippen molar-refractivity contribution < 1.29 is 19.8 Å². The smallest absolute Gasteiger partial charge is 0.328 e. The fraction of sp³-hybridized carbons (Fsp3) is 0.308. The van der Waals surface area contributed by atoms with Crippen LogP contribution in [0.25, 0.3) is 12.2 Å². The topological polar surface area (TPSA) is 86.6 Å². The fourth-order valence-electron chi connectivity index (χ4n) is 3.62. The maximum Gasteiger partial charge on any atom is 0.328 e. The van der Waals surface area contributed by atoms with E-state index >= 15 is 0 Å². The Morgan fingerprint density at radius 1 is 0.839 bits per heavy atom. The van der Waals surface area contributed by atoms with Crippen LogP contribution in [0.5, 0.6) is 0 Å². The molecule has 0 unspecified atom stereocenters. The van der Waals surface area contributed by atoms with E-state index in [2.05, 4.69) is 72.9 Å². The molecule has 5 nitrogen and oxygen atoms in total. The minimum Gasteiger partial charge on any atom is -0.478 e. The van der Waals surface area contributed by atoms with Gasteiger partial charge in [0.1, 0.15) is 0 Å². The lowest BCUT2D eigenvalue weighted by Gasteiger charge is -2.20. The minimum absolute atomic E-state index is 0.505. The normalized spacial score (nSPS) is 12.4. The van der Waals surface area contributed by atoms with Crippen molar-refractivity contribution in [3.63, 3.8) is 0 Å². The summed E-state index contributed by atoms with van der Waals surface area (Å²) in [6, 6.07) is 17.7. The first kappa shape index (κ1) is 24.1. The predicted molar refractivity (Wildman–Crippen MR) is 125 cm³/mol. The average Bonchev–Trinajstić information content (AvgIpc) is 2.92. The standard InChI is InChI=1S/C22H27N.C4H4O4/c1-2-3-16-23-17-8-13-22-20-11-6-4-9-18(20)14-15-19-10-5-7-12-21(19)22;5-3(6)1-2-4(7)8/h4-7,9-12,14-15,22-23H,2-3,8,13,16-17H2,1H3;1-2H,(H,5,6)(H,7,8). The summed E-state index contributed by atoms with van der Waals surface area (Å²) in [6.07, 6.45) is 10.6. The molecule has 31 heavy (non-hydrogen) atoms. The molecule has 2 aromatic rings. The summed E-state index contributed by atoms with van der Waals surface area (Å²) in [4.78, 5) is 19.1. The number of hydrogen-bond donors (Lipinski definition) is 3. The third kappa shape index (κ3) is 8.22. The van der Waals surface area contributed by atoms with E-state index in [1.54, 1.807) is 0 Å². The average molecular weight is 422 g/mol. The number of aliphatic carboxylic acids is 2. The molecule has 0 amide bonds. The van der Waals surface area contributed by atoms with E-state index in [0.29, 0.717) is 18.1 Å². The number of fused-ring (bicyclic) bond motifs is 2. The number of carbonyl (C=O) groups is 2. The highest BCUT2D eigenvalue weighted by Gasteiger charge is 2.20. The molecule has 2 aromatic carbocycles. The molecule has 1 aliphatic rings. The highest BCUT2D eigenvalue weighted by molar-refractivity contribution is 5.89. The summed E-state index contributed by atoms with van der Waals surface area (Å²) in [5.41, 5.74) is 5.69. The number of carboxylic acid groups (broad SMARTS) is 2. The molecule has 0 bridgehead atoms. The van der Waals surface area contributed by atoms with Crippen LogP contribution in [0.15, 0.2) is 60.7 Å². The van der Waals surface area contributed by atoms with Gasteiger partial charge in [-0.1, -0.05) is 74.0 Å². The lowest BCUT2D eigenvalue weighted by molar-refractivity contribution is -0.134. The fourth-order valence-corrected chi connectivity index (χ4v) is 3.62. The first-order valence-corrected chi connectivity index (χ1v) is 10.7. The lowest BCUT2D eigenvalue weighted by Crippen LogP contribution is -2.17. The van der Waals surface area contributed by atoms with Crippen molar-refractivity contribution in [3.05, 3.63) is 82.9 Å². The number of hydrogen-bond acceptors (Lipinski definition) is 3. The van der Waals surface area contributed by atoms with Crippen LogP contribution in [0.2, 0.25) is 0 Å². The Balaban J connectivity index is 0.000000366. The Morgan fingerprint density at radius 3 is 1.81 bits per heavy atom. The monoisotopic (exact) mass is 421 g/mol. The largest absolute Gasteiger partial charge is 0.478 e. The third-order valence-corrected chi connectivity index (χ3v) is 5.11. The van der Waals surface area contributed by atoms with Crippen LogP contribution in [-0.2, 0) is 9.59 Å². The van der Waals surface area contributed by atoms with Crippen molar-refractivity contribution in [1.82, 2.24) is 5.32 Å². The Kier molecular flexibility index (Phi) is 10.3. The summed E-state index contributed by atoms with van der Waals surface area (Å²) in [5, 5.41) is 19.2. The highest BCUT2D eigenvalue weighted by Crippen LogP contribution is 2.37. The first-order valence-electron chi connectivity index (χ1n) is 10.7. The summed E-state index contributed by atoms with van der Waals surface area (Å²) >= 11 is 0. The number of rotatable bonds is 9. The molecule has 3 N–H and O–H groups in total. The Morgan fingerprint density at radius 2 is 1.32 bits per heavy atom. The molecular formula is C26H31NO4. The maximum absolute atomic E-state index is 9.55. The molecule has 0 aromatic heterocycles. The molecule has 0 atom stereocenters. The van der Waals surface area contributed by atoms with Crippen molar-refractivity contribution in [2.24, 2.45) is 0 Å². The van der Waals surface area contributed by atoms with Gasteiger partial charge in [-0.25, -0.2) is 9.59 Å². The second-order valence-electron chi connectivity index (χ2n) is 7.40. The molecule has 5 heteroatoms. The van der Waals surface area contributed by atoms with Gasteiger partial charge in [0.15, 0.2) is 0 Å². The van der Waals surface area contributed by atoms with Gasteiger partial charge >= 0.3 is 11.9 Å². The van der Waals surface area contributed by atoms with Gasteiger partial charge in [0.2, 0.25) is 0 Å². The second kappa shape index (κ2) is 13.2. The van der Waals surface area contributed by atoms with E-state index in [4.69, 9.17) is 10.2 Å². The highest BCUT2D eigenvalue weighted by atomic mass is 16.4. The molecule has 0 saturated carbocycles. The van der Waals surface area contributed by atoms with Crippen LogP contribution in [0.4, 0.5) is 0 Å². The lowest BCUT2D eigenvalue weighted by atomic mass is 9.84. The molecule has 0 fully saturated rings. The molecule has 0 heterocycles. The minimum atomic E-state index is -1.26. The molecule has 0 saturated heterocycles. The molecule has 1 aliphatic carbocycles. The van der Waals surface area contributed by atoms with E-state index in [1.165, 1.54) is 47.9 Å². The molecule has 0 aliphatic heterocycles. The Hall–Kier alpha value is -3.18. The van der Waals surface area contributed by atoms with Crippen LogP contribution in [-0.4, -0.2) is 35.2 Å². The third-order valence-electron chi connectivity index (χ3n) is 5.11. The molecule has 0 spiro atoms. The predicted octanol–water partition coefficient (Wildman–Crippen LogP) is 5.18. The van der Waals surface area contributed by atoms with E-state index in [0.717, 1.165) is 13.1 Å².